The lowest BCUT2D eigenvalue weighted by atomic mass is 9.82. The van der Waals surface area contributed by atoms with E-state index in [9.17, 15) is 5.11 Å². The monoisotopic (exact) mass is 429 g/mol. The lowest BCUT2D eigenvalue weighted by molar-refractivity contribution is 0.109. The highest BCUT2D eigenvalue weighted by atomic mass is 35.5. The highest BCUT2D eigenvalue weighted by molar-refractivity contribution is 7.05. The van der Waals surface area contributed by atoms with E-state index < -0.39 is 0 Å². The van der Waals surface area contributed by atoms with Gasteiger partial charge in [-0.05, 0) is 47.8 Å². The van der Waals surface area contributed by atoms with Gasteiger partial charge in [0.1, 0.15) is 11.5 Å². The number of likely N-dealkylation sites (tertiary alicyclic amines) is 2. The first kappa shape index (κ1) is 19.3. The molecule has 0 aliphatic carbocycles. The Morgan fingerprint density at radius 1 is 1.10 bits per heavy atom. The molecule has 2 aliphatic rings. The zero-order valence-corrected chi connectivity index (χ0v) is 17.7. The van der Waals surface area contributed by atoms with Gasteiger partial charge in [0.15, 0.2) is 0 Å². The van der Waals surface area contributed by atoms with Crippen LogP contribution in [0.25, 0.3) is 11.3 Å². The van der Waals surface area contributed by atoms with Crippen LogP contribution in [0.5, 0.6) is 0 Å². The average Bonchev–Trinajstić information content (AvgIpc) is 3.47. The molecular weight excluding hydrogens is 406 g/mol. The van der Waals surface area contributed by atoms with E-state index in [-0.39, 0.29) is 12.0 Å². The van der Waals surface area contributed by atoms with Gasteiger partial charge in [-0.25, -0.2) is 4.37 Å². The molecule has 0 spiro atoms. The van der Waals surface area contributed by atoms with E-state index >= 15 is 0 Å². The first-order valence-electron chi connectivity index (χ1n) is 9.94. The Labute approximate surface area is 179 Å². The van der Waals surface area contributed by atoms with Crippen molar-refractivity contribution < 1.29 is 9.52 Å². The van der Waals surface area contributed by atoms with Crippen LogP contribution in [0, 0.1) is 11.3 Å². The van der Waals surface area contributed by atoms with Gasteiger partial charge in [-0.2, -0.15) is 0 Å². The smallest absolute Gasteiger partial charge is 0.135 e. The van der Waals surface area contributed by atoms with E-state index in [0.717, 1.165) is 56.4 Å². The number of hydrogen-bond donors (Lipinski definition) is 1. The van der Waals surface area contributed by atoms with Crippen molar-refractivity contribution in [2.24, 2.45) is 11.3 Å². The first-order chi connectivity index (χ1) is 14.1. The molecule has 0 bridgehead atoms. The van der Waals surface area contributed by atoms with E-state index in [0.29, 0.717) is 10.9 Å². The van der Waals surface area contributed by atoms with E-state index in [4.69, 9.17) is 16.0 Å². The molecule has 5 nitrogen and oxygen atoms in total. The van der Waals surface area contributed by atoms with Crippen molar-refractivity contribution in [1.82, 2.24) is 14.2 Å². The Morgan fingerprint density at radius 2 is 1.90 bits per heavy atom. The number of hydrogen-bond acceptors (Lipinski definition) is 6. The molecule has 4 heterocycles. The van der Waals surface area contributed by atoms with Crippen LogP contribution in [-0.4, -0.2) is 52.1 Å². The number of nitrogens with zero attached hydrogens (tertiary/aromatic N) is 3. The normalized spacial score (nSPS) is 25.0. The summed E-state index contributed by atoms with van der Waals surface area (Å²) in [5, 5.41) is 10.9. The lowest BCUT2D eigenvalue weighted by Crippen LogP contribution is -2.36. The number of aliphatic hydroxyl groups is 1. The second kappa shape index (κ2) is 7.85. The predicted octanol–water partition coefficient (Wildman–Crippen LogP) is 3.98. The van der Waals surface area contributed by atoms with Gasteiger partial charge >= 0.3 is 0 Å². The molecule has 7 heteroatoms. The molecule has 1 aromatic carbocycles. The molecule has 2 aliphatic heterocycles. The zero-order valence-electron chi connectivity index (χ0n) is 16.1. The molecule has 0 amide bonds. The van der Waals surface area contributed by atoms with Crippen LogP contribution in [0.4, 0.5) is 0 Å². The Bertz CT molecular complexity index is 976. The Kier molecular flexibility index (Phi) is 5.22. The molecule has 2 atom stereocenters. The number of aromatic nitrogens is 1. The molecule has 5 rings (SSSR count). The number of fused-ring (bicyclic) bond motifs is 1. The quantitative estimate of drug-likeness (QED) is 0.642. The third kappa shape index (κ3) is 3.76. The van der Waals surface area contributed by atoms with Crippen LogP contribution in [0.2, 0.25) is 5.02 Å². The number of benzene rings is 1. The van der Waals surface area contributed by atoms with Crippen molar-refractivity contribution in [1.29, 1.82) is 0 Å². The lowest BCUT2D eigenvalue weighted by Gasteiger charge is -2.27. The molecule has 2 fully saturated rings. The minimum Gasteiger partial charge on any atom is -0.460 e. The SMILES string of the molecule is OCC12CN(Cc3ccc(-c4ccccc4Cl)o3)CC1CN(Cc1ccns1)C2. The van der Waals surface area contributed by atoms with Gasteiger partial charge in [-0.1, -0.05) is 23.7 Å². The second-order valence-electron chi connectivity index (χ2n) is 8.28. The molecule has 29 heavy (non-hydrogen) atoms. The van der Waals surface area contributed by atoms with Crippen molar-refractivity contribution in [2.45, 2.75) is 13.1 Å². The van der Waals surface area contributed by atoms with Gasteiger partial charge in [0.05, 0.1) is 18.2 Å². The molecule has 2 unspecified atom stereocenters. The maximum absolute atomic E-state index is 10.2. The van der Waals surface area contributed by atoms with Crippen molar-refractivity contribution in [3.05, 3.63) is 64.3 Å². The Balaban J connectivity index is 1.24. The van der Waals surface area contributed by atoms with Crippen LogP contribution < -0.4 is 0 Å². The van der Waals surface area contributed by atoms with Gasteiger partial charge in [-0.3, -0.25) is 9.80 Å². The van der Waals surface area contributed by atoms with Gasteiger partial charge in [0, 0.05) is 54.8 Å². The van der Waals surface area contributed by atoms with Crippen LogP contribution >= 0.6 is 23.1 Å². The topological polar surface area (TPSA) is 52.7 Å². The van der Waals surface area contributed by atoms with Crippen LogP contribution in [0.15, 0.2) is 53.1 Å². The summed E-state index contributed by atoms with van der Waals surface area (Å²) in [6.45, 7) is 5.77. The van der Waals surface area contributed by atoms with Crippen LogP contribution in [-0.2, 0) is 13.1 Å². The third-order valence-corrected chi connectivity index (χ3v) is 7.32. The summed E-state index contributed by atoms with van der Waals surface area (Å²) in [6.07, 6.45) is 1.86. The number of furan rings is 1. The molecule has 3 aromatic rings. The molecule has 0 radical (unpaired) electrons. The summed E-state index contributed by atoms with van der Waals surface area (Å²) in [7, 11) is 0. The van der Waals surface area contributed by atoms with Gasteiger partial charge in [0.25, 0.3) is 0 Å². The molecule has 152 valence electrons. The van der Waals surface area contributed by atoms with Crippen LogP contribution in [0.1, 0.15) is 10.6 Å². The first-order valence-corrected chi connectivity index (χ1v) is 11.1. The average molecular weight is 430 g/mol. The molecule has 1 N–H and O–H groups in total. The summed E-state index contributed by atoms with van der Waals surface area (Å²) in [6, 6.07) is 13.9. The molecular formula is C22H24ClN3O2S. The molecule has 0 saturated carbocycles. The van der Waals surface area contributed by atoms with Crippen molar-refractivity contribution in [2.75, 3.05) is 32.8 Å². The summed E-state index contributed by atoms with van der Waals surface area (Å²) in [5.74, 6) is 2.23. The van der Waals surface area contributed by atoms with E-state index in [2.05, 4.69) is 20.2 Å². The van der Waals surface area contributed by atoms with Gasteiger partial charge in [0.2, 0.25) is 0 Å². The fraction of sp³-hybridized carbons (Fsp3) is 0.409. The molecule has 2 aromatic heterocycles. The number of halogens is 1. The summed E-state index contributed by atoms with van der Waals surface area (Å²) in [4.78, 5) is 6.17. The van der Waals surface area contributed by atoms with E-state index in [1.165, 1.54) is 4.88 Å². The number of rotatable bonds is 6. The van der Waals surface area contributed by atoms with E-state index in [1.54, 1.807) is 11.5 Å². The largest absolute Gasteiger partial charge is 0.460 e. The Morgan fingerprint density at radius 3 is 2.59 bits per heavy atom. The van der Waals surface area contributed by atoms with Crippen molar-refractivity contribution >= 4 is 23.1 Å². The zero-order chi connectivity index (χ0) is 19.8. The summed E-state index contributed by atoms with van der Waals surface area (Å²) < 4.78 is 10.3. The maximum atomic E-state index is 10.2. The fourth-order valence-electron chi connectivity index (χ4n) is 4.90. The maximum Gasteiger partial charge on any atom is 0.135 e. The minimum atomic E-state index is -0.0388. The van der Waals surface area contributed by atoms with Crippen LogP contribution in [0.3, 0.4) is 0 Å². The molecule has 2 saturated heterocycles. The van der Waals surface area contributed by atoms with Crippen molar-refractivity contribution in [3.63, 3.8) is 0 Å². The summed E-state index contributed by atoms with van der Waals surface area (Å²) in [5.41, 5.74) is 0.882. The second-order valence-corrected chi connectivity index (χ2v) is 9.61. The highest BCUT2D eigenvalue weighted by Gasteiger charge is 2.51. The highest BCUT2D eigenvalue weighted by Crippen LogP contribution is 2.43. The standard InChI is InChI=1S/C22H24ClN3O2S/c23-20-4-2-1-3-19(20)21-6-5-17(28-21)11-25-9-16-10-26(12-18-7-8-24-29-18)14-22(16,13-25)15-27/h1-8,16,27H,9-15H2. The summed E-state index contributed by atoms with van der Waals surface area (Å²) >= 11 is 7.86. The predicted molar refractivity (Wildman–Crippen MR) is 115 cm³/mol. The number of aliphatic hydroxyl groups excluding tert-OH is 1. The third-order valence-electron chi connectivity index (χ3n) is 6.27. The fourth-order valence-corrected chi connectivity index (χ4v) is 5.75. The van der Waals surface area contributed by atoms with E-state index in [1.807, 2.05) is 42.6 Å². The van der Waals surface area contributed by atoms with Crippen molar-refractivity contribution in [3.8, 4) is 11.3 Å². The van der Waals surface area contributed by atoms with Gasteiger partial charge < -0.3 is 9.52 Å². The minimum absolute atomic E-state index is 0.0388. The Hall–Kier alpha value is -1.70. The van der Waals surface area contributed by atoms with Gasteiger partial charge in [-0.15, -0.1) is 0 Å².